The van der Waals surface area contributed by atoms with Crippen LogP contribution in [0.1, 0.15) is 56.6 Å². The predicted molar refractivity (Wildman–Crippen MR) is 80.5 cm³/mol. The molecule has 1 nitrogen and oxygen atoms in total. The highest BCUT2D eigenvalue weighted by molar-refractivity contribution is 9.12. The highest BCUT2D eigenvalue weighted by atomic mass is 79.9. The van der Waals surface area contributed by atoms with E-state index >= 15 is 0 Å². The first kappa shape index (κ1) is 14.0. The van der Waals surface area contributed by atoms with Crippen LogP contribution in [0.5, 0.6) is 0 Å². The molecule has 1 aromatic heterocycles. The van der Waals surface area contributed by atoms with Crippen LogP contribution in [0, 0.1) is 5.92 Å². The Morgan fingerprint density at radius 1 is 1.12 bits per heavy atom. The lowest BCUT2D eigenvalue weighted by Crippen LogP contribution is -2.14. The van der Waals surface area contributed by atoms with Gasteiger partial charge in [0, 0.05) is 5.56 Å². The SMILES string of the molecule is OC(c1cc(Br)sc1Br)C1CCCCCCC1. The second-order valence-corrected chi connectivity index (χ2v) is 8.58. The maximum atomic E-state index is 10.5. The van der Waals surface area contributed by atoms with Gasteiger partial charge in [0.15, 0.2) is 0 Å². The van der Waals surface area contributed by atoms with Crippen molar-refractivity contribution >= 4 is 43.2 Å². The van der Waals surface area contributed by atoms with Crippen LogP contribution in [-0.4, -0.2) is 5.11 Å². The summed E-state index contributed by atoms with van der Waals surface area (Å²) in [6.45, 7) is 0. The summed E-state index contributed by atoms with van der Waals surface area (Å²) in [7, 11) is 0. The molecule has 0 saturated heterocycles. The second-order valence-electron chi connectivity index (χ2n) is 4.83. The van der Waals surface area contributed by atoms with Crippen molar-refractivity contribution < 1.29 is 5.11 Å². The molecule has 17 heavy (non-hydrogen) atoms. The Morgan fingerprint density at radius 2 is 1.71 bits per heavy atom. The number of rotatable bonds is 2. The maximum absolute atomic E-state index is 10.5. The summed E-state index contributed by atoms with van der Waals surface area (Å²) in [4.78, 5) is 0. The van der Waals surface area contributed by atoms with Gasteiger partial charge in [-0.25, -0.2) is 0 Å². The number of hydrogen-bond donors (Lipinski definition) is 1. The zero-order chi connectivity index (χ0) is 12.3. The Hall–Kier alpha value is 0.620. The molecule has 0 aromatic carbocycles. The fourth-order valence-corrected chi connectivity index (χ4v) is 5.52. The summed E-state index contributed by atoms with van der Waals surface area (Å²) in [6.07, 6.45) is 8.61. The molecule has 1 unspecified atom stereocenters. The number of aliphatic hydroxyl groups is 1. The van der Waals surface area contributed by atoms with Crippen LogP contribution in [0.15, 0.2) is 13.6 Å². The molecular formula is C13H18Br2OS. The minimum Gasteiger partial charge on any atom is -0.388 e. The number of thiophene rings is 1. The predicted octanol–water partition coefficient (Wildman–Crippen LogP) is 5.67. The lowest BCUT2D eigenvalue weighted by Gasteiger charge is -2.24. The van der Waals surface area contributed by atoms with Crippen LogP contribution in [0.25, 0.3) is 0 Å². The van der Waals surface area contributed by atoms with E-state index in [0.29, 0.717) is 5.92 Å². The van der Waals surface area contributed by atoms with Gasteiger partial charge in [-0.3, -0.25) is 0 Å². The number of halogens is 2. The molecule has 0 bridgehead atoms. The van der Waals surface area contributed by atoms with E-state index in [1.807, 2.05) is 0 Å². The molecule has 1 atom stereocenters. The van der Waals surface area contributed by atoms with Gasteiger partial charge in [0.05, 0.1) is 13.7 Å². The molecule has 2 rings (SSSR count). The van der Waals surface area contributed by atoms with E-state index < -0.39 is 0 Å². The Labute approximate surface area is 124 Å². The molecule has 1 fully saturated rings. The van der Waals surface area contributed by atoms with E-state index in [2.05, 4.69) is 37.9 Å². The van der Waals surface area contributed by atoms with Gasteiger partial charge in [-0.1, -0.05) is 32.1 Å². The van der Waals surface area contributed by atoms with Gasteiger partial charge in [0.1, 0.15) is 0 Å². The molecule has 0 spiro atoms. The lowest BCUT2D eigenvalue weighted by atomic mass is 9.85. The Kier molecular flexibility index (Phi) is 5.52. The van der Waals surface area contributed by atoms with Gasteiger partial charge in [0.2, 0.25) is 0 Å². The minimum atomic E-state index is -0.301. The van der Waals surface area contributed by atoms with Crippen molar-refractivity contribution in [3.63, 3.8) is 0 Å². The van der Waals surface area contributed by atoms with Crippen molar-refractivity contribution in [2.75, 3.05) is 0 Å². The second kappa shape index (κ2) is 6.69. The molecule has 1 heterocycles. The van der Waals surface area contributed by atoms with Crippen molar-refractivity contribution in [3.05, 3.63) is 19.2 Å². The van der Waals surface area contributed by atoms with E-state index in [-0.39, 0.29) is 6.10 Å². The third kappa shape index (κ3) is 3.79. The third-order valence-corrected chi connectivity index (χ3v) is 5.98. The molecule has 4 heteroatoms. The fraction of sp³-hybridized carbons (Fsp3) is 0.692. The first-order valence-electron chi connectivity index (χ1n) is 6.31. The Bertz CT molecular complexity index is 356. The van der Waals surface area contributed by atoms with Gasteiger partial charge >= 0.3 is 0 Å². The van der Waals surface area contributed by atoms with Gasteiger partial charge in [0.25, 0.3) is 0 Å². The largest absolute Gasteiger partial charge is 0.388 e. The zero-order valence-electron chi connectivity index (χ0n) is 9.79. The fourth-order valence-electron chi connectivity index (χ4n) is 2.61. The number of aliphatic hydroxyl groups excluding tert-OH is 1. The topological polar surface area (TPSA) is 20.2 Å². The first-order chi connectivity index (χ1) is 8.18. The van der Waals surface area contributed by atoms with Gasteiger partial charge in [-0.05, 0) is 56.7 Å². The first-order valence-corrected chi connectivity index (χ1v) is 8.71. The summed E-state index contributed by atoms with van der Waals surface area (Å²) in [6, 6.07) is 2.05. The summed E-state index contributed by atoms with van der Waals surface area (Å²) >= 11 is 8.67. The molecule has 1 N–H and O–H groups in total. The van der Waals surface area contributed by atoms with E-state index in [9.17, 15) is 5.11 Å². The monoisotopic (exact) mass is 380 g/mol. The van der Waals surface area contributed by atoms with E-state index in [4.69, 9.17) is 0 Å². The van der Waals surface area contributed by atoms with Gasteiger partial charge < -0.3 is 5.11 Å². The highest BCUT2D eigenvalue weighted by Gasteiger charge is 2.24. The average molecular weight is 382 g/mol. The van der Waals surface area contributed by atoms with Crippen LogP contribution in [0.4, 0.5) is 0 Å². The molecular weight excluding hydrogens is 364 g/mol. The van der Waals surface area contributed by atoms with Crippen LogP contribution >= 0.6 is 43.2 Å². The molecule has 1 aromatic rings. The summed E-state index contributed by atoms with van der Waals surface area (Å²) in [5.74, 6) is 0.438. The quantitative estimate of drug-likeness (QED) is 0.699. The molecule has 0 amide bonds. The molecule has 1 saturated carbocycles. The van der Waals surface area contributed by atoms with Crippen LogP contribution < -0.4 is 0 Å². The van der Waals surface area contributed by atoms with Crippen molar-refractivity contribution in [2.45, 2.75) is 51.0 Å². The average Bonchev–Trinajstić information content (AvgIpc) is 2.56. The zero-order valence-corrected chi connectivity index (χ0v) is 13.8. The smallest absolute Gasteiger partial charge is 0.0837 e. The molecule has 1 aliphatic rings. The third-order valence-electron chi connectivity index (χ3n) is 3.60. The van der Waals surface area contributed by atoms with Crippen molar-refractivity contribution in [3.8, 4) is 0 Å². The standard InChI is InChI=1S/C13H18Br2OS/c14-11-8-10(13(15)17-11)12(16)9-6-4-2-1-3-5-7-9/h8-9,12,16H,1-7H2. The van der Waals surface area contributed by atoms with Crippen LogP contribution in [0.3, 0.4) is 0 Å². The summed E-state index contributed by atoms with van der Waals surface area (Å²) < 4.78 is 2.16. The number of hydrogen-bond acceptors (Lipinski definition) is 2. The Morgan fingerprint density at radius 3 is 2.24 bits per heavy atom. The normalized spacial score (nSPS) is 20.9. The minimum absolute atomic E-state index is 0.301. The molecule has 0 aliphatic heterocycles. The van der Waals surface area contributed by atoms with E-state index in [0.717, 1.165) is 13.1 Å². The van der Waals surface area contributed by atoms with Crippen molar-refractivity contribution in [1.29, 1.82) is 0 Å². The summed E-state index contributed by atoms with van der Waals surface area (Å²) in [5, 5.41) is 10.5. The molecule has 1 aliphatic carbocycles. The maximum Gasteiger partial charge on any atom is 0.0837 e. The molecule has 0 radical (unpaired) electrons. The van der Waals surface area contributed by atoms with Crippen LogP contribution in [-0.2, 0) is 0 Å². The van der Waals surface area contributed by atoms with Crippen molar-refractivity contribution in [1.82, 2.24) is 0 Å². The van der Waals surface area contributed by atoms with Gasteiger partial charge in [-0.2, -0.15) is 0 Å². The Balaban J connectivity index is 2.06. The van der Waals surface area contributed by atoms with Gasteiger partial charge in [-0.15, -0.1) is 11.3 Å². The van der Waals surface area contributed by atoms with E-state index in [1.165, 1.54) is 44.9 Å². The molecule has 96 valence electrons. The highest BCUT2D eigenvalue weighted by Crippen LogP contribution is 2.41. The van der Waals surface area contributed by atoms with Crippen LogP contribution in [0.2, 0.25) is 0 Å². The summed E-state index contributed by atoms with van der Waals surface area (Å²) in [5.41, 5.74) is 1.06. The lowest BCUT2D eigenvalue weighted by molar-refractivity contribution is 0.0911. The van der Waals surface area contributed by atoms with E-state index in [1.54, 1.807) is 11.3 Å². The van der Waals surface area contributed by atoms with Crippen molar-refractivity contribution in [2.24, 2.45) is 5.92 Å².